The summed E-state index contributed by atoms with van der Waals surface area (Å²) in [6, 6.07) is 0. The molecule has 2 N–H and O–H groups in total. The Morgan fingerprint density at radius 3 is 2.50 bits per heavy atom. The van der Waals surface area contributed by atoms with Gasteiger partial charge in [-0.25, -0.2) is 0 Å². The van der Waals surface area contributed by atoms with Gasteiger partial charge in [0.15, 0.2) is 0 Å². The summed E-state index contributed by atoms with van der Waals surface area (Å²) in [4.78, 5) is 0.646. The molecule has 0 spiro atoms. The predicted octanol–water partition coefficient (Wildman–Crippen LogP) is 4.12. The molecule has 22 heavy (non-hydrogen) atoms. The number of alkyl halides is 1. The van der Waals surface area contributed by atoms with Crippen LogP contribution in [0.2, 0.25) is 0 Å². The maximum Gasteiger partial charge on any atom is 0.0577 e. The summed E-state index contributed by atoms with van der Waals surface area (Å²) in [6.07, 6.45) is 8.85. The third-order valence-corrected chi connectivity index (χ3v) is 9.07. The molecular weight excluding hydrogens is 340 g/mol. The van der Waals surface area contributed by atoms with Crippen LogP contribution in [0.25, 0.3) is 0 Å². The van der Waals surface area contributed by atoms with E-state index in [9.17, 15) is 10.2 Å². The lowest BCUT2D eigenvalue weighted by molar-refractivity contribution is -0.168. The van der Waals surface area contributed by atoms with E-state index in [2.05, 4.69) is 29.8 Å². The van der Waals surface area contributed by atoms with Crippen molar-refractivity contribution in [3.05, 3.63) is 0 Å². The molecule has 3 heteroatoms. The number of hydrogen-bond donors (Lipinski definition) is 2. The van der Waals surface area contributed by atoms with Crippen LogP contribution in [-0.4, -0.2) is 27.2 Å². The van der Waals surface area contributed by atoms with Crippen LogP contribution in [0.5, 0.6) is 0 Å². The largest absolute Gasteiger partial charge is 0.393 e. The molecule has 4 saturated carbocycles. The molecule has 4 fully saturated rings. The summed E-state index contributed by atoms with van der Waals surface area (Å²) < 4.78 is 0. The zero-order valence-corrected chi connectivity index (χ0v) is 15.6. The molecule has 126 valence electrons. The fourth-order valence-corrected chi connectivity index (χ4v) is 8.32. The normalized spacial score (nSPS) is 61.2. The van der Waals surface area contributed by atoms with Crippen molar-refractivity contribution in [2.75, 3.05) is 0 Å². The van der Waals surface area contributed by atoms with E-state index in [1.165, 1.54) is 25.7 Å². The Balaban J connectivity index is 1.67. The third kappa shape index (κ3) is 2.18. The molecule has 0 aromatic carbocycles. The smallest absolute Gasteiger partial charge is 0.0577 e. The van der Waals surface area contributed by atoms with Crippen LogP contribution in [0.4, 0.5) is 0 Å². The molecule has 2 nitrogen and oxygen atoms in total. The van der Waals surface area contributed by atoms with E-state index in [0.29, 0.717) is 39.3 Å². The van der Waals surface area contributed by atoms with Crippen molar-refractivity contribution in [2.45, 2.75) is 82.2 Å². The molecule has 4 aliphatic carbocycles. The second-order valence-corrected chi connectivity index (χ2v) is 10.7. The van der Waals surface area contributed by atoms with Gasteiger partial charge >= 0.3 is 0 Å². The molecule has 4 rings (SSSR count). The minimum Gasteiger partial charge on any atom is -0.393 e. The van der Waals surface area contributed by atoms with Gasteiger partial charge in [-0.05, 0) is 85.9 Å². The molecule has 0 radical (unpaired) electrons. The van der Waals surface area contributed by atoms with Crippen molar-refractivity contribution in [1.82, 2.24) is 0 Å². The highest BCUT2D eigenvalue weighted by atomic mass is 79.9. The summed E-state index contributed by atoms with van der Waals surface area (Å²) in [5.41, 5.74) is 0.794. The van der Waals surface area contributed by atoms with Crippen molar-refractivity contribution in [1.29, 1.82) is 0 Å². The molecule has 9 atom stereocenters. The van der Waals surface area contributed by atoms with Gasteiger partial charge in [0.25, 0.3) is 0 Å². The molecule has 0 bridgehead atoms. The Morgan fingerprint density at radius 2 is 1.73 bits per heavy atom. The van der Waals surface area contributed by atoms with Crippen LogP contribution in [0, 0.1) is 34.5 Å². The first-order valence-corrected chi connectivity index (χ1v) is 10.3. The lowest BCUT2D eigenvalue weighted by Crippen LogP contribution is -2.57. The summed E-state index contributed by atoms with van der Waals surface area (Å²) in [5, 5.41) is 21.1. The topological polar surface area (TPSA) is 40.5 Å². The highest BCUT2D eigenvalue weighted by Crippen LogP contribution is 2.66. The van der Waals surface area contributed by atoms with Gasteiger partial charge in [0.1, 0.15) is 0 Å². The maximum atomic E-state index is 11.0. The predicted molar refractivity (Wildman–Crippen MR) is 91.8 cm³/mol. The van der Waals surface area contributed by atoms with E-state index in [4.69, 9.17) is 0 Å². The van der Waals surface area contributed by atoms with Crippen LogP contribution in [0.1, 0.15) is 65.2 Å². The standard InChI is InChI=1S/C19H31BrO2/c1-18-5-4-14-17(15(18)9-12(20)10-18)16(22)8-11-7-13(21)3-6-19(11,14)2/h11-17,21-22H,3-10H2,1-2H3/t11-,12-,13+,14+,15+,16+,17-,18-,19+/m1/s1. The fourth-order valence-electron chi connectivity index (χ4n) is 7.17. The zero-order chi connectivity index (χ0) is 15.7. The first kappa shape index (κ1) is 15.9. The van der Waals surface area contributed by atoms with Gasteiger partial charge in [-0.15, -0.1) is 0 Å². The fraction of sp³-hybridized carbons (Fsp3) is 1.00. The van der Waals surface area contributed by atoms with Gasteiger partial charge in [-0.1, -0.05) is 29.8 Å². The van der Waals surface area contributed by atoms with Crippen LogP contribution < -0.4 is 0 Å². The molecule has 0 heterocycles. The van der Waals surface area contributed by atoms with Crippen molar-refractivity contribution in [2.24, 2.45) is 34.5 Å². The quantitative estimate of drug-likeness (QED) is 0.629. The molecule has 0 saturated heterocycles. The minimum absolute atomic E-state index is 0.130. The maximum absolute atomic E-state index is 11.0. The Labute approximate surface area is 143 Å². The average Bonchev–Trinajstić information content (AvgIpc) is 2.75. The second kappa shape index (κ2) is 5.20. The van der Waals surface area contributed by atoms with Gasteiger partial charge in [-0.3, -0.25) is 0 Å². The number of aliphatic hydroxyl groups excluding tert-OH is 2. The first-order chi connectivity index (χ1) is 10.3. The lowest BCUT2D eigenvalue weighted by Gasteiger charge is -2.61. The van der Waals surface area contributed by atoms with Gasteiger partial charge in [0, 0.05) is 4.83 Å². The Hall–Kier alpha value is 0.400. The first-order valence-electron chi connectivity index (χ1n) is 9.34. The number of aliphatic hydroxyl groups is 2. The van der Waals surface area contributed by atoms with Crippen LogP contribution in [0.15, 0.2) is 0 Å². The highest BCUT2D eigenvalue weighted by Gasteiger charge is 2.61. The second-order valence-electron chi connectivity index (χ2n) is 9.45. The minimum atomic E-state index is -0.143. The molecule has 0 unspecified atom stereocenters. The Kier molecular flexibility index (Phi) is 3.76. The Bertz CT molecular complexity index is 455. The monoisotopic (exact) mass is 370 g/mol. The summed E-state index contributed by atoms with van der Waals surface area (Å²) in [7, 11) is 0. The SMILES string of the molecule is C[C@]12CC[C@H]3[C@@H]([C@@H](O)C[C@H]4C[C@@H](O)CC[C@@]43C)[C@@H]1C[C@@H](Br)C2. The van der Waals surface area contributed by atoms with Crippen molar-refractivity contribution in [3.63, 3.8) is 0 Å². The van der Waals surface area contributed by atoms with Crippen LogP contribution >= 0.6 is 15.9 Å². The highest BCUT2D eigenvalue weighted by molar-refractivity contribution is 9.09. The van der Waals surface area contributed by atoms with Gasteiger partial charge < -0.3 is 10.2 Å². The van der Waals surface area contributed by atoms with E-state index < -0.39 is 0 Å². The molecule has 0 aromatic rings. The number of halogens is 1. The average molecular weight is 371 g/mol. The van der Waals surface area contributed by atoms with Crippen molar-refractivity contribution >= 4 is 15.9 Å². The molecule has 0 aromatic heterocycles. The van der Waals surface area contributed by atoms with Gasteiger partial charge in [0.2, 0.25) is 0 Å². The summed E-state index contributed by atoms with van der Waals surface area (Å²) in [5.74, 6) is 2.38. The molecule has 0 aliphatic heterocycles. The van der Waals surface area contributed by atoms with Crippen molar-refractivity contribution in [3.8, 4) is 0 Å². The van der Waals surface area contributed by atoms with E-state index in [1.807, 2.05) is 0 Å². The van der Waals surface area contributed by atoms with E-state index in [-0.39, 0.29) is 12.2 Å². The number of fused-ring (bicyclic) bond motifs is 5. The molecule has 0 amide bonds. The summed E-state index contributed by atoms with van der Waals surface area (Å²) >= 11 is 3.88. The molecule has 4 aliphatic rings. The third-order valence-electron chi connectivity index (χ3n) is 8.37. The van der Waals surface area contributed by atoms with E-state index >= 15 is 0 Å². The number of rotatable bonds is 0. The van der Waals surface area contributed by atoms with E-state index in [0.717, 1.165) is 25.7 Å². The van der Waals surface area contributed by atoms with Gasteiger partial charge in [-0.2, -0.15) is 0 Å². The van der Waals surface area contributed by atoms with Crippen LogP contribution in [-0.2, 0) is 0 Å². The zero-order valence-electron chi connectivity index (χ0n) is 14.0. The van der Waals surface area contributed by atoms with Gasteiger partial charge in [0.05, 0.1) is 12.2 Å². The Morgan fingerprint density at radius 1 is 0.955 bits per heavy atom. The van der Waals surface area contributed by atoms with E-state index in [1.54, 1.807) is 0 Å². The lowest BCUT2D eigenvalue weighted by atomic mass is 9.44. The molecular formula is C19H31BrO2. The summed E-state index contributed by atoms with van der Waals surface area (Å²) in [6.45, 7) is 4.96. The number of hydrogen-bond acceptors (Lipinski definition) is 2. The van der Waals surface area contributed by atoms with Crippen LogP contribution in [0.3, 0.4) is 0 Å². The van der Waals surface area contributed by atoms with Crippen molar-refractivity contribution < 1.29 is 10.2 Å².